The van der Waals surface area contributed by atoms with Crippen molar-refractivity contribution < 1.29 is 25.9 Å². The zero-order valence-corrected chi connectivity index (χ0v) is 27.5. The fraction of sp³-hybridized carbons (Fsp3) is 0.103. The van der Waals surface area contributed by atoms with E-state index in [9.17, 15) is 0 Å². The Balaban J connectivity index is 0.000000241. The quantitative estimate of drug-likeness (QED) is 0.168. The number of para-hydroxylation sites is 1. The topological polar surface area (TPSA) is 56.7 Å². The molecule has 6 heteroatoms. The fourth-order valence-corrected chi connectivity index (χ4v) is 5.47. The molecule has 45 heavy (non-hydrogen) atoms. The third kappa shape index (κ3) is 5.83. The number of aromatic nitrogens is 4. The molecule has 0 aliphatic heterocycles. The van der Waals surface area contributed by atoms with Gasteiger partial charge in [-0.3, -0.25) is 9.97 Å². The van der Waals surface area contributed by atoms with Crippen molar-refractivity contribution in [3.05, 3.63) is 145 Å². The number of aryl methyl sites for hydroxylation is 1. The SMILES string of the molecule is [2H]C(C)(C)c1ccc2c(c1)oc1c(-c3nc4ccnc(C)c4n3-c3ccccc3)[c-]ccc12.[Ir].[c-]1ccccc1-c1ccccn1. The molecule has 0 spiro atoms. The van der Waals surface area contributed by atoms with Crippen molar-refractivity contribution in [2.45, 2.75) is 26.7 Å². The standard InChI is InChI=1S/C28H22N3O.C11H8N.Ir/c1-17(2)19-12-13-21-22-10-7-11-23(27(22)32-25(21)16-19)28-30-24-14-15-29-18(3)26(24)31(28)20-8-5-4-6-9-20;1-2-6-10(7-3-1)11-8-4-5-9-12-11;/h4-10,12-17H,1-3H3;1-6,8-9H;/q2*-1;/i17D;;. The molecule has 0 fully saturated rings. The van der Waals surface area contributed by atoms with E-state index in [4.69, 9.17) is 10.8 Å². The van der Waals surface area contributed by atoms with E-state index in [0.717, 1.165) is 72.6 Å². The number of imidazole rings is 1. The van der Waals surface area contributed by atoms with E-state index in [-0.39, 0.29) is 20.1 Å². The van der Waals surface area contributed by atoms with Crippen LogP contribution in [0.25, 0.3) is 61.3 Å². The van der Waals surface area contributed by atoms with Gasteiger partial charge in [-0.2, -0.15) is 0 Å². The predicted molar refractivity (Wildman–Crippen MR) is 178 cm³/mol. The van der Waals surface area contributed by atoms with E-state index in [1.165, 1.54) is 0 Å². The molecule has 8 rings (SSSR count). The van der Waals surface area contributed by atoms with Gasteiger partial charge in [-0.15, -0.1) is 54.1 Å². The van der Waals surface area contributed by atoms with Gasteiger partial charge in [0.25, 0.3) is 0 Å². The Hall–Kier alpha value is -4.90. The number of fused-ring (bicyclic) bond motifs is 4. The van der Waals surface area contributed by atoms with E-state index < -0.39 is 5.89 Å². The maximum absolute atomic E-state index is 8.40. The minimum absolute atomic E-state index is 0. The van der Waals surface area contributed by atoms with Crippen LogP contribution >= 0.6 is 0 Å². The van der Waals surface area contributed by atoms with E-state index in [2.05, 4.69) is 38.8 Å². The molecule has 0 amide bonds. The molecule has 8 aromatic rings. The molecule has 5 nitrogen and oxygen atoms in total. The smallest absolute Gasteiger partial charge is 0.121 e. The van der Waals surface area contributed by atoms with Gasteiger partial charge in [0.1, 0.15) is 5.58 Å². The van der Waals surface area contributed by atoms with Gasteiger partial charge >= 0.3 is 0 Å². The predicted octanol–water partition coefficient (Wildman–Crippen LogP) is 9.77. The summed E-state index contributed by atoms with van der Waals surface area (Å²) in [7, 11) is 0. The van der Waals surface area contributed by atoms with Crippen LogP contribution in [0.2, 0.25) is 0 Å². The van der Waals surface area contributed by atoms with Crippen molar-refractivity contribution in [1.82, 2.24) is 19.5 Å². The zero-order chi connectivity index (χ0) is 31.0. The van der Waals surface area contributed by atoms with Gasteiger partial charge in [0.15, 0.2) is 0 Å². The summed E-state index contributed by atoms with van der Waals surface area (Å²) in [5.74, 6) is 0.0616. The summed E-state index contributed by atoms with van der Waals surface area (Å²) in [6, 6.07) is 42.3. The van der Waals surface area contributed by atoms with Crippen LogP contribution in [0.1, 0.15) is 32.4 Å². The number of benzene rings is 4. The number of hydrogen-bond donors (Lipinski definition) is 0. The summed E-state index contributed by atoms with van der Waals surface area (Å²) in [4.78, 5) is 13.7. The summed E-state index contributed by atoms with van der Waals surface area (Å²) in [5, 5.41) is 2.03. The molecule has 1 radical (unpaired) electrons. The van der Waals surface area contributed by atoms with Crippen LogP contribution in [0.5, 0.6) is 0 Å². The molecule has 0 atom stereocenters. The molecule has 0 saturated carbocycles. The number of furan rings is 1. The monoisotopic (exact) mass is 764 g/mol. The van der Waals surface area contributed by atoms with Crippen LogP contribution in [0.15, 0.2) is 126 Å². The Labute approximate surface area is 277 Å². The van der Waals surface area contributed by atoms with Gasteiger partial charge in [-0.05, 0) is 54.4 Å². The molecule has 0 aliphatic carbocycles. The first-order valence-corrected chi connectivity index (χ1v) is 14.5. The van der Waals surface area contributed by atoms with Gasteiger partial charge in [0.2, 0.25) is 0 Å². The molecule has 4 heterocycles. The molecule has 0 bridgehead atoms. The minimum Gasteiger partial charge on any atom is -0.501 e. The second kappa shape index (κ2) is 13.0. The molecule has 0 aliphatic rings. The maximum Gasteiger partial charge on any atom is 0.121 e. The number of pyridine rings is 2. The largest absolute Gasteiger partial charge is 0.501 e. The molecule has 4 aromatic carbocycles. The summed E-state index contributed by atoms with van der Waals surface area (Å²) in [6.45, 7) is 5.77. The maximum atomic E-state index is 8.40. The molecule has 0 saturated heterocycles. The van der Waals surface area contributed by atoms with Gasteiger partial charge < -0.3 is 14.0 Å². The minimum atomic E-state index is -0.700. The van der Waals surface area contributed by atoms with E-state index in [1.807, 2.05) is 118 Å². The molecule has 223 valence electrons. The van der Waals surface area contributed by atoms with Gasteiger partial charge in [-0.25, -0.2) is 0 Å². The fourth-order valence-electron chi connectivity index (χ4n) is 5.47. The average Bonchev–Trinajstić information content (AvgIpc) is 3.65. The van der Waals surface area contributed by atoms with Crippen LogP contribution in [-0.2, 0) is 20.1 Å². The van der Waals surface area contributed by atoms with Crippen molar-refractivity contribution in [3.8, 4) is 28.3 Å². The Morgan fingerprint density at radius 3 is 2.38 bits per heavy atom. The Bertz CT molecular complexity index is 2220. The zero-order valence-electron chi connectivity index (χ0n) is 26.1. The van der Waals surface area contributed by atoms with Crippen molar-refractivity contribution in [2.24, 2.45) is 0 Å². The second-order valence-corrected chi connectivity index (χ2v) is 10.8. The average molecular weight is 764 g/mol. The van der Waals surface area contributed by atoms with Crippen molar-refractivity contribution in [2.75, 3.05) is 0 Å². The third-order valence-electron chi connectivity index (χ3n) is 7.65. The molecular weight excluding hydrogens is 733 g/mol. The summed E-state index contributed by atoms with van der Waals surface area (Å²) in [5.41, 5.74) is 9.00. The summed E-state index contributed by atoms with van der Waals surface area (Å²) >= 11 is 0. The summed E-state index contributed by atoms with van der Waals surface area (Å²) in [6.07, 6.45) is 3.58. The van der Waals surface area contributed by atoms with Gasteiger partial charge in [-0.1, -0.05) is 67.3 Å². The normalized spacial score (nSPS) is 11.6. The van der Waals surface area contributed by atoms with Crippen molar-refractivity contribution >= 4 is 33.0 Å². The first-order valence-electron chi connectivity index (χ1n) is 15.0. The first-order chi connectivity index (χ1) is 21.9. The van der Waals surface area contributed by atoms with Crippen molar-refractivity contribution in [1.29, 1.82) is 0 Å². The van der Waals surface area contributed by atoms with E-state index >= 15 is 0 Å². The number of nitrogens with zero attached hydrogens (tertiary/aromatic N) is 4. The Morgan fingerprint density at radius 2 is 1.62 bits per heavy atom. The van der Waals surface area contributed by atoms with Gasteiger partial charge in [0.05, 0.1) is 28.1 Å². The number of rotatable bonds is 4. The van der Waals surface area contributed by atoms with Crippen LogP contribution in [-0.4, -0.2) is 19.5 Å². The van der Waals surface area contributed by atoms with Crippen LogP contribution in [0.4, 0.5) is 0 Å². The molecule has 0 N–H and O–H groups in total. The first kappa shape index (κ1) is 28.8. The van der Waals surface area contributed by atoms with Crippen LogP contribution in [0.3, 0.4) is 0 Å². The van der Waals surface area contributed by atoms with Gasteiger partial charge in [0, 0.05) is 44.9 Å². The van der Waals surface area contributed by atoms with Crippen LogP contribution in [0, 0.1) is 19.1 Å². The molecule has 0 unspecified atom stereocenters. The van der Waals surface area contributed by atoms with E-state index in [1.54, 1.807) is 12.4 Å². The molecular formula is C39H30IrN4O-2. The second-order valence-electron chi connectivity index (χ2n) is 10.8. The van der Waals surface area contributed by atoms with Crippen LogP contribution < -0.4 is 0 Å². The Kier molecular flexibility index (Phi) is 8.33. The Morgan fingerprint density at radius 1 is 0.800 bits per heavy atom. The summed E-state index contributed by atoms with van der Waals surface area (Å²) < 4.78 is 16.9. The molecule has 4 aromatic heterocycles. The van der Waals surface area contributed by atoms with Crippen molar-refractivity contribution in [3.63, 3.8) is 0 Å². The van der Waals surface area contributed by atoms with E-state index in [0.29, 0.717) is 0 Å². The third-order valence-corrected chi connectivity index (χ3v) is 7.65. The number of hydrogen-bond acceptors (Lipinski definition) is 4.